The van der Waals surface area contributed by atoms with Crippen molar-refractivity contribution in [1.82, 2.24) is 13.9 Å². The predicted octanol–water partition coefficient (Wildman–Crippen LogP) is 2.11. The summed E-state index contributed by atoms with van der Waals surface area (Å²) in [5.41, 5.74) is 3.18. The first-order valence-electron chi connectivity index (χ1n) is 9.09. The van der Waals surface area contributed by atoms with Crippen LogP contribution in [0, 0.1) is 11.3 Å². The second-order valence-electron chi connectivity index (χ2n) is 7.28. The van der Waals surface area contributed by atoms with Crippen molar-refractivity contribution in [2.45, 2.75) is 24.1 Å². The van der Waals surface area contributed by atoms with Crippen molar-refractivity contribution in [3.8, 4) is 6.07 Å². The Morgan fingerprint density at radius 3 is 2.83 bits per heavy atom. The van der Waals surface area contributed by atoms with Gasteiger partial charge < -0.3 is 10.1 Å². The van der Waals surface area contributed by atoms with Gasteiger partial charge in [0.2, 0.25) is 16.0 Å². The molecule has 148 valence electrons. The summed E-state index contributed by atoms with van der Waals surface area (Å²) in [5.74, 6) is 0.419. The number of halogens is 1. The van der Waals surface area contributed by atoms with Crippen LogP contribution in [0.2, 0.25) is 5.02 Å². The highest BCUT2D eigenvalue weighted by molar-refractivity contribution is 7.90. The number of rotatable bonds is 4. The molecule has 0 bridgehead atoms. The van der Waals surface area contributed by atoms with Crippen molar-refractivity contribution in [2.75, 3.05) is 18.5 Å². The van der Waals surface area contributed by atoms with E-state index in [1.54, 1.807) is 12.3 Å². The van der Waals surface area contributed by atoms with E-state index in [2.05, 4.69) is 21.4 Å². The maximum atomic E-state index is 12.5. The molecule has 2 aromatic heterocycles. The molecular weight excluding hydrogens is 414 g/mol. The Hall–Kier alpha value is -2.67. The van der Waals surface area contributed by atoms with Crippen LogP contribution in [-0.2, 0) is 27.6 Å². The summed E-state index contributed by atoms with van der Waals surface area (Å²) in [6.07, 6.45) is 6.02. The molecule has 0 unspecified atom stereocenters. The first-order chi connectivity index (χ1) is 13.9. The fourth-order valence-electron chi connectivity index (χ4n) is 3.76. The van der Waals surface area contributed by atoms with Gasteiger partial charge in [-0.1, -0.05) is 11.6 Å². The quantitative estimate of drug-likeness (QED) is 0.676. The maximum Gasteiger partial charge on any atom is 0.245 e. The van der Waals surface area contributed by atoms with Gasteiger partial charge in [0.1, 0.15) is 5.25 Å². The molecule has 1 aliphatic heterocycles. The number of ether oxygens (including phenoxy) is 1. The van der Waals surface area contributed by atoms with E-state index in [1.165, 1.54) is 16.4 Å². The van der Waals surface area contributed by atoms with E-state index >= 15 is 0 Å². The van der Waals surface area contributed by atoms with Gasteiger partial charge in [-0.05, 0) is 36.1 Å². The van der Waals surface area contributed by atoms with Crippen LogP contribution in [0.5, 0.6) is 0 Å². The van der Waals surface area contributed by atoms with Crippen molar-refractivity contribution in [3.63, 3.8) is 0 Å². The molecule has 1 saturated heterocycles. The Morgan fingerprint density at radius 2 is 2.10 bits per heavy atom. The number of hydrogen-bond donors (Lipinski definition) is 1. The highest BCUT2D eigenvalue weighted by atomic mass is 35.5. The molecular formula is C19H16ClN5O3S. The average Bonchev–Trinajstić information content (AvgIpc) is 3.22. The largest absolute Gasteiger partial charge is 0.378 e. The van der Waals surface area contributed by atoms with E-state index in [1.807, 2.05) is 6.07 Å². The summed E-state index contributed by atoms with van der Waals surface area (Å²) in [6, 6.07) is 5.80. The van der Waals surface area contributed by atoms with E-state index in [9.17, 15) is 13.7 Å². The van der Waals surface area contributed by atoms with Gasteiger partial charge in [-0.2, -0.15) is 5.26 Å². The molecule has 1 atom stereocenters. The van der Waals surface area contributed by atoms with Crippen molar-refractivity contribution < 1.29 is 13.2 Å². The molecule has 29 heavy (non-hydrogen) atoms. The maximum absolute atomic E-state index is 12.5. The summed E-state index contributed by atoms with van der Waals surface area (Å²) in [5, 5.41) is 13.3. The third kappa shape index (κ3) is 3.13. The molecule has 0 amide bonds. The van der Waals surface area contributed by atoms with Crippen molar-refractivity contribution in [1.29, 1.82) is 5.26 Å². The number of nitriles is 1. The minimum absolute atomic E-state index is 0.0333. The molecule has 0 spiro atoms. The normalized spacial score (nSPS) is 19.0. The van der Waals surface area contributed by atoms with E-state index in [0.29, 0.717) is 40.3 Å². The molecule has 1 fully saturated rings. The molecule has 0 saturated carbocycles. The van der Waals surface area contributed by atoms with Gasteiger partial charge in [0, 0.05) is 35.0 Å². The molecule has 3 aromatic rings. The minimum atomic E-state index is -3.49. The van der Waals surface area contributed by atoms with Gasteiger partial charge in [0.15, 0.2) is 0 Å². The van der Waals surface area contributed by atoms with Crippen LogP contribution in [0.15, 0.2) is 30.7 Å². The second-order valence-corrected chi connectivity index (χ2v) is 9.83. The molecule has 0 radical (unpaired) electrons. The van der Waals surface area contributed by atoms with Gasteiger partial charge >= 0.3 is 0 Å². The SMILES string of the molecule is N#Cc1cc(Cl)cc2c1C[C@@H](Nc1ncc3cn(S(=O)(=O)C4COC4)cc3n1)C2. The molecule has 1 aliphatic carbocycles. The van der Waals surface area contributed by atoms with Gasteiger partial charge in [0.05, 0.1) is 30.4 Å². The Kier molecular flexibility index (Phi) is 4.24. The highest BCUT2D eigenvalue weighted by Gasteiger charge is 2.34. The third-order valence-corrected chi connectivity index (χ3v) is 7.50. The number of hydrogen-bond acceptors (Lipinski definition) is 7. The van der Waals surface area contributed by atoms with E-state index in [-0.39, 0.29) is 19.3 Å². The lowest BCUT2D eigenvalue weighted by atomic mass is 10.0. The molecule has 5 rings (SSSR count). The van der Waals surface area contributed by atoms with Gasteiger partial charge in [0.25, 0.3) is 0 Å². The highest BCUT2D eigenvalue weighted by Crippen LogP contribution is 2.30. The topological polar surface area (TPSA) is 110 Å². The lowest BCUT2D eigenvalue weighted by Gasteiger charge is -2.25. The lowest BCUT2D eigenvalue weighted by molar-refractivity contribution is 0.0412. The Morgan fingerprint density at radius 1 is 1.28 bits per heavy atom. The number of fused-ring (bicyclic) bond motifs is 2. The second kappa shape index (κ2) is 6.69. The van der Waals surface area contributed by atoms with E-state index in [0.717, 1.165) is 11.1 Å². The Labute approximate surface area is 172 Å². The molecule has 3 heterocycles. The molecule has 2 aliphatic rings. The van der Waals surface area contributed by atoms with Gasteiger partial charge in [-0.25, -0.2) is 22.4 Å². The fraction of sp³-hybridized carbons (Fsp3) is 0.316. The third-order valence-electron chi connectivity index (χ3n) is 5.36. The average molecular weight is 430 g/mol. The van der Waals surface area contributed by atoms with Crippen LogP contribution >= 0.6 is 11.6 Å². The van der Waals surface area contributed by atoms with Crippen molar-refractivity contribution in [3.05, 3.63) is 52.4 Å². The van der Waals surface area contributed by atoms with E-state index < -0.39 is 15.3 Å². The number of nitrogens with one attached hydrogen (secondary N) is 1. The van der Waals surface area contributed by atoms with Crippen LogP contribution in [0.3, 0.4) is 0 Å². The zero-order valence-corrected chi connectivity index (χ0v) is 16.7. The van der Waals surface area contributed by atoms with E-state index in [4.69, 9.17) is 16.3 Å². The van der Waals surface area contributed by atoms with Crippen LogP contribution in [0.25, 0.3) is 10.9 Å². The lowest BCUT2D eigenvalue weighted by Crippen LogP contribution is -2.43. The first kappa shape index (κ1) is 18.4. The van der Waals surface area contributed by atoms with Crippen LogP contribution < -0.4 is 5.32 Å². The summed E-state index contributed by atoms with van der Waals surface area (Å²) < 4.78 is 31.3. The van der Waals surface area contributed by atoms with Gasteiger partial charge in [-0.3, -0.25) is 0 Å². The Balaban J connectivity index is 1.39. The summed E-state index contributed by atoms with van der Waals surface area (Å²) in [6.45, 7) is 0.429. The van der Waals surface area contributed by atoms with Crippen LogP contribution in [0.4, 0.5) is 5.95 Å². The smallest absolute Gasteiger partial charge is 0.245 e. The molecule has 1 N–H and O–H groups in total. The van der Waals surface area contributed by atoms with Gasteiger partial charge in [-0.15, -0.1) is 0 Å². The monoisotopic (exact) mass is 429 g/mol. The van der Waals surface area contributed by atoms with Crippen LogP contribution in [0.1, 0.15) is 16.7 Å². The van der Waals surface area contributed by atoms with Crippen molar-refractivity contribution >= 4 is 38.5 Å². The fourth-order valence-corrected chi connectivity index (χ4v) is 5.39. The molecule has 10 heteroatoms. The minimum Gasteiger partial charge on any atom is -0.378 e. The number of anilines is 1. The zero-order valence-electron chi connectivity index (χ0n) is 15.2. The number of aromatic nitrogens is 3. The number of benzene rings is 1. The first-order valence-corrected chi connectivity index (χ1v) is 11.0. The zero-order chi connectivity index (χ0) is 20.2. The summed E-state index contributed by atoms with van der Waals surface area (Å²) >= 11 is 6.10. The van der Waals surface area contributed by atoms with Crippen LogP contribution in [-0.4, -0.2) is 46.9 Å². The molecule has 8 nitrogen and oxygen atoms in total. The standard InChI is InChI=1S/C19H16ClN5O3S/c20-14-1-11-3-15(4-17(11)12(2-14)5-21)23-19-22-6-13-7-25(8-18(13)24-19)29(26,27)16-9-28-10-16/h1-2,6-8,15-16H,3-4,9-10H2,(H,23,24)/t15-/m0/s1. The number of nitrogens with zero attached hydrogens (tertiary/aromatic N) is 4. The Bertz CT molecular complexity index is 1280. The predicted molar refractivity (Wildman–Crippen MR) is 107 cm³/mol. The van der Waals surface area contributed by atoms with Crippen molar-refractivity contribution in [2.24, 2.45) is 0 Å². The summed E-state index contributed by atoms with van der Waals surface area (Å²) in [7, 11) is -3.49. The summed E-state index contributed by atoms with van der Waals surface area (Å²) in [4.78, 5) is 8.79. The molecule has 1 aromatic carbocycles.